The molecular weight excluding hydrogens is 296 g/mol. The smallest absolute Gasteiger partial charge is 0.0102 e. The average Bonchev–Trinajstić information content (AvgIpc) is 2.94. The van der Waals surface area contributed by atoms with Gasteiger partial charge >= 0.3 is 0 Å². The van der Waals surface area contributed by atoms with Crippen LogP contribution in [0.25, 0.3) is 22.3 Å². The van der Waals surface area contributed by atoms with Crippen LogP contribution in [0.4, 0.5) is 0 Å². The minimum absolute atomic E-state index is 1.31. The second-order valence-corrected chi connectivity index (χ2v) is 6.13. The van der Waals surface area contributed by atoms with E-state index in [2.05, 4.69) is 74.5 Å². The van der Waals surface area contributed by atoms with Gasteiger partial charge in [0.25, 0.3) is 0 Å². The predicted molar refractivity (Wildman–Crippen MR) is 107 cm³/mol. The molecule has 0 amide bonds. The molecule has 0 fully saturated rings. The minimum atomic E-state index is 1.31. The first-order valence-electron chi connectivity index (χ1n) is 8.48. The molecule has 0 N–H and O–H groups in total. The van der Waals surface area contributed by atoms with Gasteiger partial charge in [0.15, 0.2) is 0 Å². The molecule has 0 radical (unpaired) electrons. The van der Waals surface area contributed by atoms with Gasteiger partial charge in [-0.25, -0.2) is 0 Å². The summed E-state index contributed by atoms with van der Waals surface area (Å²) in [5.74, 6) is 0. The largest absolute Gasteiger partial charge is 0.145 e. The van der Waals surface area contributed by atoms with Crippen molar-refractivity contribution in [2.75, 3.05) is 0 Å². The lowest BCUT2D eigenvalue weighted by atomic mass is 9.95. The maximum atomic E-state index is 2.21. The number of thiophene rings is 1. The molecule has 1 aromatic heterocycles. The third kappa shape index (κ3) is 4.56. The third-order valence-corrected chi connectivity index (χ3v) is 4.41. The number of hydrogen-bond donors (Lipinski definition) is 0. The highest BCUT2D eigenvalue weighted by atomic mass is 32.1. The van der Waals surface area contributed by atoms with Crippen LogP contribution in [-0.2, 0) is 0 Å². The van der Waals surface area contributed by atoms with Gasteiger partial charge in [-0.15, -0.1) is 11.3 Å². The first kappa shape index (κ1) is 19.2. The van der Waals surface area contributed by atoms with Crippen LogP contribution >= 0.6 is 11.3 Å². The lowest BCUT2D eigenvalue weighted by Gasteiger charge is -2.07. The number of aryl methyl sites for hydroxylation is 2. The summed E-state index contributed by atoms with van der Waals surface area (Å²) in [5, 5.41) is 0. The first-order chi connectivity index (χ1) is 11.3. The zero-order chi connectivity index (χ0) is 17.2. The van der Waals surface area contributed by atoms with Gasteiger partial charge in [0.1, 0.15) is 0 Å². The summed E-state index contributed by atoms with van der Waals surface area (Å²) in [6, 6.07) is 21.4. The molecule has 0 spiro atoms. The number of benzene rings is 2. The van der Waals surface area contributed by atoms with Gasteiger partial charge in [-0.1, -0.05) is 88.4 Å². The monoisotopic (exact) mass is 324 g/mol. The maximum absolute atomic E-state index is 2.21. The lowest BCUT2D eigenvalue weighted by molar-refractivity contribution is 1.50. The SMILES string of the molecule is CC.CC.Cc1sc(C)c(-c2ccccc2)c1-c1ccccc1. The van der Waals surface area contributed by atoms with E-state index in [4.69, 9.17) is 0 Å². The van der Waals surface area contributed by atoms with E-state index in [0.29, 0.717) is 0 Å². The van der Waals surface area contributed by atoms with Crippen LogP contribution in [0, 0.1) is 13.8 Å². The summed E-state index contributed by atoms with van der Waals surface area (Å²) in [7, 11) is 0. The van der Waals surface area contributed by atoms with Crippen LogP contribution in [0.1, 0.15) is 37.4 Å². The highest BCUT2D eigenvalue weighted by molar-refractivity contribution is 7.13. The Labute approximate surface area is 145 Å². The summed E-state index contributed by atoms with van der Waals surface area (Å²) in [6.45, 7) is 12.4. The minimum Gasteiger partial charge on any atom is -0.145 e. The molecule has 0 saturated heterocycles. The van der Waals surface area contributed by atoms with Crippen molar-refractivity contribution in [1.82, 2.24) is 0 Å². The second-order valence-electron chi connectivity index (χ2n) is 4.70. The van der Waals surface area contributed by atoms with Crippen LogP contribution in [0.3, 0.4) is 0 Å². The highest BCUT2D eigenvalue weighted by Crippen LogP contribution is 2.42. The molecule has 0 saturated carbocycles. The molecule has 0 bridgehead atoms. The van der Waals surface area contributed by atoms with Crippen molar-refractivity contribution in [3.63, 3.8) is 0 Å². The average molecular weight is 325 g/mol. The van der Waals surface area contributed by atoms with Gasteiger partial charge < -0.3 is 0 Å². The van der Waals surface area contributed by atoms with E-state index >= 15 is 0 Å². The van der Waals surface area contributed by atoms with Gasteiger partial charge in [-0.2, -0.15) is 0 Å². The Bertz CT molecular complexity index is 619. The summed E-state index contributed by atoms with van der Waals surface area (Å²) in [5.41, 5.74) is 5.38. The van der Waals surface area contributed by atoms with Crippen LogP contribution in [0.5, 0.6) is 0 Å². The van der Waals surface area contributed by atoms with E-state index in [9.17, 15) is 0 Å². The van der Waals surface area contributed by atoms with Crippen LogP contribution in [-0.4, -0.2) is 0 Å². The Balaban J connectivity index is 0.000000615. The fraction of sp³-hybridized carbons (Fsp3) is 0.273. The van der Waals surface area contributed by atoms with Gasteiger partial charge in [0, 0.05) is 20.9 Å². The van der Waals surface area contributed by atoms with Crippen molar-refractivity contribution in [2.24, 2.45) is 0 Å². The highest BCUT2D eigenvalue weighted by Gasteiger charge is 2.15. The fourth-order valence-electron chi connectivity index (χ4n) is 2.59. The quantitative estimate of drug-likeness (QED) is 0.452. The Hall–Kier alpha value is -1.86. The molecule has 1 heterocycles. The van der Waals surface area contributed by atoms with Crippen molar-refractivity contribution in [1.29, 1.82) is 0 Å². The van der Waals surface area contributed by atoms with E-state index in [1.807, 2.05) is 39.0 Å². The standard InChI is InChI=1S/C18H16S.2C2H6/c1-13-17(15-9-5-3-6-10-15)18(14(2)19-13)16-11-7-4-8-12-16;2*1-2/h3-12H,1-2H3;2*1-2H3. The van der Waals surface area contributed by atoms with E-state index in [1.54, 1.807) is 0 Å². The van der Waals surface area contributed by atoms with Crippen molar-refractivity contribution < 1.29 is 0 Å². The zero-order valence-corrected chi connectivity index (χ0v) is 16.0. The van der Waals surface area contributed by atoms with Crippen LogP contribution in [0.15, 0.2) is 60.7 Å². The fourth-order valence-corrected chi connectivity index (χ4v) is 3.69. The summed E-state index contributed by atoms with van der Waals surface area (Å²) < 4.78 is 0. The van der Waals surface area contributed by atoms with Gasteiger partial charge in [-0.3, -0.25) is 0 Å². The Kier molecular flexibility index (Phi) is 8.36. The normalized spacial score (nSPS) is 9.30. The van der Waals surface area contributed by atoms with Crippen molar-refractivity contribution in [3.05, 3.63) is 70.4 Å². The molecule has 1 heteroatoms. The summed E-state index contributed by atoms with van der Waals surface area (Å²) in [6.07, 6.45) is 0. The van der Waals surface area contributed by atoms with Crippen molar-refractivity contribution >= 4 is 11.3 Å². The Morgan fingerprint density at radius 1 is 0.522 bits per heavy atom. The molecule has 122 valence electrons. The topological polar surface area (TPSA) is 0 Å². The predicted octanol–water partition coefficient (Wildman–Crippen LogP) is 7.75. The molecule has 3 rings (SSSR count). The van der Waals surface area contributed by atoms with Crippen molar-refractivity contribution in [2.45, 2.75) is 41.5 Å². The van der Waals surface area contributed by atoms with Crippen LogP contribution in [0.2, 0.25) is 0 Å². The molecular formula is C22H28S. The molecule has 0 aliphatic heterocycles. The Morgan fingerprint density at radius 3 is 1.13 bits per heavy atom. The van der Waals surface area contributed by atoms with E-state index in [1.165, 1.54) is 32.0 Å². The van der Waals surface area contributed by atoms with E-state index in [0.717, 1.165) is 0 Å². The number of rotatable bonds is 2. The van der Waals surface area contributed by atoms with Gasteiger partial charge in [0.05, 0.1) is 0 Å². The molecule has 0 nitrogen and oxygen atoms in total. The van der Waals surface area contributed by atoms with Crippen molar-refractivity contribution in [3.8, 4) is 22.3 Å². The molecule has 23 heavy (non-hydrogen) atoms. The van der Waals surface area contributed by atoms with E-state index < -0.39 is 0 Å². The molecule has 0 atom stereocenters. The van der Waals surface area contributed by atoms with Crippen LogP contribution < -0.4 is 0 Å². The second kappa shape index (κ2) is 10.0. The number of hydrogen-bond acceptors (Lipinski definition) is 1. The molecule has 2 aromatic carbocycles. The summed E-state index contributed by atoms with van der Waals surface area (Å²) in [4.78, 5) is 2.78. The molecule has 0 aliphatic carbocycles. The summed E-state index contributed by atoms with van der Waals surface area (Å²) >= 11 is 1.89. The molecule has 0 aliphatic rings. The molecule has 3 aromatic rings. The van der Waals surface area contributed by atoms with Gasteiger partial charge in [-0.05, 0) is 25.0 Å². The van der Waals surface area contributed by atoms with E-state index in [-0.39, 0.29) is 0 Å². The zero-order valence-electron chi connectivity index (χ0n) is 15.2. The maximum Gasteiger partial charge on any atom is 0.0102 e. The Morgan fingerprint density at radius 2 is 0.826 bits per heavy atom. The first-order valence-corrected chi connectivity index (χ1v) is 9.30. The van der Waals surface area contributed by atoms with Gasteiger partial charge in [0.2, 0.25) is 0 Å². The third-order valence-electron chi connectivity index (χ3n) is 3.39. The molecule has 0 unspecified atom stereocenters. The lowest BCUT2D eigenvalue weighted by Crippen LogP contribution is -1.83.